The van der Waals surface area contributed by atoms with Crippen molar-refractivity contribution >= 4 is 0 Å². The zero-order valence-corrected chi connectivity index (χ0v) is 8.91. The summed E-state index contributed by atoms with van der Waals surface area (Å²) in [6.07, 6.45) is 6.68. The molecule has 1 N–H and O–H groups in total. The molecule has 1 heterocycles. The summed E-state index contributed by atoms with van der Waals surface area (Å²) in [5.74, 6) is 0.661. The van der Waals surface area contributed by atoms with E-state index in [9.17, 15) is 0 Å². The van der Waals surface area contributed by atoms with Crippen LogP contribution in [0.15, 0.2) is 30.3 Å². The van der Waals surface area contributed by atoms with E-state index in [2.05, 4.69) is 35.8 Å². The number of rotatable bonds is 2. The van der Waals surface area contributed by atoms with Gasteiger partial charge in [0.15, 0.2) is 5.72 Å². The molecular weight excluding hydrogens is 186 g/mol. The summed E-state index contributed by atoms with van der Waals surface area (Å²) >= 11 is 0. The lowest BCUT2D eigenvalue weighted by molar-refractivity contribution is 0.173. The minimum Gasteiger partial charge on any atom is -0.269 e. The fourth-order valence-corrected chi connectivity index (χ4v) is 2.77. The van der Waals surface area contributed by atoms with Crippen LogP contribution >= 0.6 is 0 Å². The van der Waals surface area contributed by atoms with Gasteiger partial charge in [0, 0.05) is 11.5 Å². The van der Waals surface area contributed by atoms with E-state index in [0.717, 1.165) is 0 Å². The van der Waals surface area contributed by atoms with Gasteiger partial charge in [-0.2, -0.15) is 5.48 Å². The van der Waals surface area contributed by atoms with Crippen molar-refractivity contribution in [2.45, 2.75) is 37.8 Å². The second kappa shape index (κ2) is 3.62. The van der Waals surface area contributed by atoms with Gasteiger partial charge in [0.05, 0.1) is 0 Å². The molecule has 1 aliphatic carbocycles. The lowest BCUT2D eigenvalue weighted by Crippen LogP contribution is -2.27. The highest BCUT2D eigenvalue weighted by Crippen LogP contribution is 2.46. The standard InChI is InChI=1S/C13H17NO/c1-3-7-11(8-4-1)13(14-15-13)12-9-5-2-6-10-12/h1,3-4,7-8,12,14H,2,5-6,9-10H2. The summed E-state index contributed by atoms with van der Waals surface area (Å²) in [6, 6.07) is 10.6. The molecule has 15 heavy (non-hydrogen) atoms. The van der Waals surface area contributed by atoms with Crippen molar-refractivity contribution in [2.75, 3.05) is 0 Å². The second-order valence-corrected chi connectivity index (χ2v) is 4.64. The Morgan fingerprint density at radius 3 is 2.33 bits per heavy atom. The van der Waals surface area contributed by atoms with Gasteiger partial charge in [0.1, 0.15) is 0 Å². The first-order chi connectivity index (χ1) is 7.42. The van der Waals surface area contributed by atoms with Gasteiger partial charge in [-0.1, -0.05) is 49.6 Å². The molecule has 2 fully saturated rings. The number of nitrogens with one attached hydrogen (secondary N) is 1. The summed E-state index contributed by atoms with van der Waals surface area (Å²) in [4.78, 5) is 5.57. The number of hydrogen-bond donors (Lipinski definition) is 1. The summed E-state index contributed by atoms with van der Waals surface area (Å²) in [5, 5.41) is 0. The SMILES string of the molecule is c1ccc(C2(C3CCCCC3)NO2)cc1. The molecule has 1 saturated heterocycles. The molecule has 1 aromatic rings. The maximum absolute atomic E-state index is 5.57. The van der Waals surface area contributed by atoms with Gasteiger partial charge in [-0.3, -0.25) is 4.84 Å². The predicted molar refractivity (Wildman–Crippen MR) is 58.9 cm³/mol. The van der Waals surface area contributed by atoms with Crippen LogP contribution < -0.4 is 5.48 Å². The summed E-state index contributed by atoms with van der Waals surface area (Å²) < 4.78 is 0. The van der Waals surface area contributed by atoms with Gasteiger partial charge >= 0.3 is 0 Å². The van der Waals surface area contributed by atoms with Crippen LogP contribution in [0.2, 0.25) is 0 Å². The van der Waals surface area contributed by atoms with Gasteiger partial charge in [-0.05, 0) is 12.8 Å². The van der Waals surface area contributed by atoms with Crippen LogP contribution in [-0.4, -0.2) is 0 Å². The molecule has 3 rings (SSSR count). The highest BCUT2D eigenvalue weighted by molar-refractivity contribution is 5.25. The summed E-state index contributed by atoms with van der Waals surface area (Å²) in [7, 11) is 0. The largest absolute Gasteiger partial charge is 0.269 e. The third-order valence-electron chi connectivity index (χ3n) is 3.70. The van der Waals surface area contributed by atoms with Crippen LogP contribution in [0.5, 0.6) is 0 Å². The number of benzene rings is 1. The van der Waals surface area contributed by atoms with Crippen LogP contribution in [0.4, 0.5) is 0 Å². The third kappa shape index (κ3) is 1.58. The lowest BCUT2D eigenvalue weighted by atomic mass is 9.80. The highest BCUT2D eigenvalue weighted by Gasteiger charge is 2.53. The quantitative estimate of drug-likeness (QED) is 0.750. The van der Waals surface area contributed by atoms with Crippen LogP contribution in [0.3, 0.4) is 0 Å². The lowest BCUT2D eigenvalue weighted by Gasteiger charge is -2.26. The Bertz CT molecular complexity index is 326. The molecule has 0 bridgehead atoms. The van der Waals surface area contributed by atoms with E-state index >= 15 is 0 Å². The van der Waals surface area contributed by atoms with E-state index in [0.29, 0.717) is 5.92 Å². The van der Waals surface area contributed by atoms with E-state index in [4.69, 9.17) is 4.84 Å². The Balaban J connectivity index is 1.84. The molecule has 2 nitrogen and oxygen atoms in total. The van der Waals surface area contributed by atoms with Crippen LogP contribution in [-0.2, 0) is 10.6 Å². The Morgan fingerprint density at radius 2 is 1.73 bits per heavy atom. The second-order valence-electron chi connectivity index (χ2n) is 4.64. The van der Waals surface area contributed by atoms with E-state index in [-0.39, 0.29) is 5.72 Å². The molecule has 80 valence electrons. The molecule has 0 amide bonds. The molecule has 1 aliphatic heterocycles. The molecular formula is C13H17NO. The van der Waals surface area contributed by atoms with Crippen molar-refractivity contribution in [1.82, 2.24) is 5.48 Å². The van der Waals surface area contributed by atoms with Crippen LogP contribution in [0, 0.1) is 5.92 Å². The normalized spacial score (nSPS) is 31.5. The Hall–Kier alpha value is -0.860. The molecule has 1 saturated carbocycles. The fourth-order valence-electron chi connectivity index (χ4n) is 2.77. The zero-order valence-electron chi connectivity index (χ0n) is 8.91. The van der Waals surface area contributed by atoms with E-state index < -0.39 is 0 Å². The van der Waals surface area contributed by atoms with Crippen molar-refractivity contribution in [3.05, 3.63) is 35.9 Å². The van der Waals surface area contributed by atoms with Crippen molar-refractivity contribution < 1.29 is 4.84 Å². The minimum absolute atomic E-state index is 0.137. The summed E-state index contributed by atoms with van der Waals surface area (Å²) in [5.41, 5.74) is 4.29. The third-order valence-corrected chi connectivity index (χ3v) is 3.70. The first kappa shape index (κ1) is 9.37. The minimum atomic E-state index is -0.137. The van der Waals surface area contributed by atoms with E-state index in [1.54, 1.807) is 0 Å². The molecule has 1 aromatic carbocycles. The molecule has 0 spiro atoms. The first-order valence-corrected chi connectivity index (χ1v) is 5.92. The predicted octanol–water partition coefficient (Wildman–Crippen LogP) is 2.95. The maximum Gasteiger partial charge on any atom is 0.189 e. The smallest absolute Gasteiger partial charge is 0.189 e. The van der Waals surface area contributed by atoms with Gasteiger partial charge in [-0.15, -0.1) is 0 Å². The van der Waals surface area contributed by atoms with Gasteiger partial charge < -0.3 is 0 Å². The van der Waals surface area contributed by atoms with Gasteiger partial charge in [0.2, 0.25) is 0 Å². The Morgan fingerprint density at radius 1 is 1.07 bits per heavy atom. The average molecular weight is 203 g/mol. The average Bonchev–Trinajstić information content (AvgIpc) is 3.13. The molecule has 1 unspecified atom stereocenters. The van der Waals surface area contributed by atoms with E-state index in [1.165, 1.54) is 37.7 Å². The van der Waals surface area contributed by atoms with Crippen molar-refractivity contribution in [2.24, 2.45) is 5.92 Å². The molecule has 2 heteroatoms. The number of hydroxylamine groups is 1. The van der Waals surface area contributed by atoms with Gasteiger partial charge in [0.25, 0.3) is 0 Å². The van der Waals surface area contributed by atoms with E-state index in [1.807, 2.05) is 0 Å². The molecule has 1 atom stereocenters. The Kier molecular flexibility index (Phi) is 2.26. The fraction of sp³-hybridized carbons (Fsp3) is 0.538. The van der Waals surface area contributed by atoms with Crippen LogP contribution in [0.1, 0.15) is 37.7 Å². The molecule has 0 aromatic heterocycles. The monoisotopic (exact) mass is 203 g/mol. The summed E-state index contributed by atoms with van der Waals surface area (Å²) in [6.45, 7) is 0. The highest BCUT2D eigenvalue weighted by atomic mass is 16.8. The zero-order chi connectivity index (χ0) is 10.1. The maximum atomic E-state index is 5.57. The van der Waals surface area contributed by atoms with Crippen molar-refractivity contribution in [3.8, 4) is 0 Å². The molecule has 2 aliphatic rings. The molecule has 0 radical (unpaired) electrons. The van der Waals surface area contributed by atoms with Gasteiger partial charge in [-0.25, -0.2) is 0 Å². The van der Waals surface area contributed by atoms with Crippen molar-refractivity contribution in [3.63, 3.8) is 0 Å². The van der Waals surface area contributed by atoms with Crippen molar-refractivity contribution in [1.29, 1.82) is 0 Å². The Labute approximate surface area is 90.6 Å². The van der Waals surface area contributed by atoms with Crippen LogP contribution in [0.25, 0.3) is 0 Å². The number of hydrogen-bond acceptors (Lipinski definition) is 2. The first-order valence-electron chi connectivity index (χ1n) is 5.92. The topological polar surface area (TPSA) is 34.5 Å².